The maximum absolute atomic E-state index is 2.22. The minimum atomic E-state index is 0.580. The van der Waals surface area contributed by atoms with Gasteiger partial charge in [-0.3, -0.25) is 5.96 Å². The average Bonchev–Trinajstić information content (AvgIpc) is 2.06. The van der Waals surface area contributed by atoms with Gasteiger partial charge in [-0.2, -0.15) is 0 Å². The van der Waals surface area contributed by atoms with E-state index in [0.29, 0.717) is 6.34 Å². The van der Waals surface area contributed by atoms with Crippen LogP contribution in [0.4, 0.5) is 0 Å². The summed E-state index contributed by atoms with van der Waals surface area (Å²) in [6.45, 7) is 2.22. The van der Waals surface area contributed by atoms with Crippen LogP contribution in [0.25, 0.3) is 10.7 Å². The predicted molar refractivity (Wildman–Crippen MR) is 50.9 cm³/mol. The van der Waals surface area contributed by atoms with Crippen LogP contribution in [0.15, 0.2) is 42.4 Å². The van der Waals surface area contributed by atoms with Crippen LogP contribution in [0.3, 0.4) is 0 Å². The molecule has 0 aliphatic heterocycles. The molecular formula is C10H10B-. The highest BCUT2D eigenvalue weighted by Gasteiger charge is 1.83. The Morgan fingerprint density at radius 1 is 1.00 bits per heavy atom. The van der Waals surface area contributed by atoms with Crippen LogP contribution in [0, 0.1) is 0 Å². The molecule has 2 aromatic rings. The molecule has 0 saturated heterocycles. The summed E-state index contributed by atoms with van der Waals surface area (Å²) in [6, 6.07) is 12.8. The Morgan fingerprint density at radius 3 is 2.55 bits per heavy atom. The zero-order valence-corrected chi connectivity index (χ0v) is 6.62. The monoisotopic (exact) mass is 141 g/mol. The topological polar surface area (TPSA) is 0 Å². The van der Waals surface area contributed by atoms with Gasteiger partial charge in [0.1, 0.15) is 0 Å². The summed E-state index contributed by atoms with van der Waals surface area (Å²) in [4.78, 5) is 0. The van der Waals surface area contributed by atoms with E-state index < -0.39 is 0 Å². The molecule has 0 N–H and O–H groups in total. The molecule has 0 aliphatic rings. The van der Waals surface area contributed by atoms with E-state index in [-0.39, 0.29) is 0 Å². The van der Waals surface area contributed by atoms with Gasteiger partial charge in [-0.05, 0) is 0 Å². The lowest BCUT2D eigenvalue weighted by molar-refractivity contribution is 1.80. The van der Waals surface area contributed by atoms with Crippen molar-refractivity contribution in [3.8, 4) is 0 Å². The van der Waals surface area contributed by atoms with Gasteiger partial charge in [0.15, 0.2) is 0 Å². The number of benzene rings is 1. The van der Waals surface area contributed by atoms with Gasteiger partial charge in [-0.15, -0.1) is 12.4 Å². The largest absolute Gasteiger partial charge is 0.264 e. The van der Waals surface area contributed by atoms with Crippen molar-refractivity contribution in [2.45, 2.75) is 0 Å². The summed E-state index contributed by atoms with van der Waals surface area (Å²) in [5.74, 6) is 2.22. The van der Waals surface area contributed by atoms with Crippen LogP contribution >= 0.6 is 0 Å². The summed E-state index contributed by atoms with van der Waals surface area (Å²) >= 11 is 0. The van der Waals surface area contributed by atoms with Crippen LogP contribution in [0.2, 0.25) is 0 Å². The average molecular weight is 141 g/mol. The standard InChI is InChI=1S/C10H10B/c1-11-8-4-6-9-5-2-3-7-10(9)11/h2-8H,1H3/q-1. The Kier molecular flexibility index (Phi) is 1.50. The van der Waals surface area contributed by atoms with E-state index in [1.165, 1.54) is 10.7 Å². The molecule has 1 heterocycles. The fourth-order valence-electron chi connectivity index (χ4n) is 1.51. The quantitative estimate of drug-likeness (QED) is 0.528. The van der Waals surface area contributed by atoms with Gasteiger partial charge in [-0.25, -0.2) is 12.1 Å². The lowest BCUT2D eigenvalue weighted by Crippen LogP contribution is -1.91. The van der Waals surface area contributed by atoms with Crippen LogP contribution in [-0.4, -0.2) is 6.34 Å². The Balaban J connectivity index is 2.91. The van der Waals surface area contributed by atoms with Gasteiger partial charge in [0.05, 0.1) is 0 Å². The Morgan fingerprint density at radius 2 is 1.73 bits per heavy atom. The van der Waals surface area contributed by atoms with Crippen molar-refractivity contribution in [3.63, 3.8) is 0 Å². The highest BCUT2D eigenvalue weighted by molar-refractivity contribution is 6.62. The summed E-state index contributed by atoms with van der Waals surface area (Å²) in [5, 5.41) is 2.80. The molecule has 0 nitrogen and oxygen atoms in total. The van der Waals surface area contributed by atoms with Crippen LogP contribution < -0.4 is 0 Å². The number of rotatable bonds is 0. The molecule has 1 aromatic heterocycles. The van der Waals surface area contributed by atoms with Gasteiger partial charge in [0, 0.05) is 0 Å². The third kappa shape index (κ3) is 1.07. The Labute approximate surface area is 66.9 Å². The van der Waals surface area contributed by atoms with E-state index in [0.717, 1.165) is 0 Å². The first-order valence-electron chi connectivity index (χ1n) is 3.98. The minimum absolute atomic E-state index is 0.580. The Hall–Kier alpha value is -1.11. The van der Waals surface area contributed by atoms with Crippen LogP contribution in [0.5, 0.6) is 0 Å². The number of hydrogen-bond acceptors (Lipinski definition) is 0. The van der Waals surface area contributed by atoms with Crippen LogP contribution in [0.1, 0.15) is 0 Å². The highest BCUT2D eigenvalue weighted by Crippen LogP contribution is 2.10. The second-order valence-corrected chi connectivity index (χ2v) is 2.97. The van der Waals surface area contributed by atoms with E-state index in [9.17, 15) is 0 Å². The van der Waals surface area contributed by atoms with Crippen molar-refractivity contribution in [1.82, 2.24) is 0 Å². The molecule has 54 valence electrons. The summed E-state index contributed by atoms with van der Waals surface area (Å²) in [7, 11) is 0. The fraction of sp³-hybridized carbons (Fsp3) is 0.100. The number of fused-ring (bicyclic) bond motifs is 1. The SMILES string of the molecule is C[b-]1cccc2ccccc12. The molecule has 0 aliphatic carbocycles. The summed E-state index contributed by atoms with van der Waals surface area (Å²) in [5.41, 5.74) is 0. The Bertz CT molecular complexity index is 374. The van der Waals surface area contributed by atoms with Gasteiger partial charge < -0.3 is 0 Å². The smallest absolute Gasteiger partial charge is 0.0581 e. The van der Waals surface area contributed by atoms with Gasteiger partial charge in [-0.1, -0.05) is 35.7 Å². The molecule has 0 radical (unpaired) electrons. The molecule has 0 bridgehead atoms. The normalized spacial score (nSPS) is 10.3. The van der Waals surface area contributed by atoms with E-state index in [1.54, 1.807) is 0 Å². The molecule has 2 rings (SSSR count). The van der Waals surface area contributed by atoms with Crippen LogP contribution in [-0.2, 0) is 6.82 Å². The van der Waals surface area contributed by atoms with E-state index in [2.05, 4.69) is 49.2 Å². The van der Waals surface area contributed by atoms with Crippen molar-refractivity contribution < 1.29 is 0 Å². The van der Waals surface area contributed by atoms with E-state index >= 15 is 0 Å². The summed E-state index contributed by atoms with van der Waals surface area (Å²) < 4.78 is 0. The lowest BCUT2D eigenvalue weighted by atomic mass is 9.64. The van der Waals surface area contributed by atoms with Gasteiger partial charge in [0.2, 0.25) is 0 Å². The molecule has 0 spiro atoms. The van der Waals surface area contributed by atoms with Crippen molar-refractivity contribution >= 4 is 17.0 Å². The van der Waals surface area contributed by atoms with Gasteiger partial charge >= 0.3 is 0 Å². The zero-order chi connectivity index (χ0) is 7.68. The maximum Gasteiger partial charge on any atom is -0.0581 e. The third-order valence-electron chi connectivity index (χ3n) is 2.16. The van der Waals surface area contributed by atoms with Crippen molar-refractivity contribution in [2.75, 3.05) is 0 Å². The molecule has 0 saturated carbocycles. The van der Waals surface area contributed by atoms with Crippen molar-refractivity contribution in [1.29, 1.82) is 0 Å². The zero-order valence-electron chi connectivity index (χ0n) is 6.62. The first kappa shape index (κ1) is 6.60. The van der Waals surface area contributed by atoms with E-state index in [1.807, 2.05) is 0 Å². The lowest BCUT2D eigenvalue weighted by Gasteiger charge is -2.08. The highest BCUT2D eigenvalue weighted by atomic mass is 13.9. The predicted octanol–water partition coefficient (Wildman–Crippen LogP) is 2.40. The molecule has 11 heavy (non-hydrogen) atoms. The first-order chi connectivity index (χ1) is 5.38. The minimum Gasteiger partial charge on any atom is -0.264 e. The molecule has 0 fully saturated rings. The number of aryl methyl sites for hydroxylation is 1. The molecule has 1 aromatic carbocycles. The molecule has 0 atom stereocenters. The molecule has 0 amide bonds. The second kappa shape index (κ2) is 2.50. The van der Waals surface area contributed by atoms with Crippen molar-refractivity contribution in [2.24, 2.45) is 6.82 Å². The van der Waals surface area contributed by atoms with E-state index in [4.69, 9.17) is 0 Å². The third-order valence-corrected chi connectivity index (χ3v) is 2.16. The molecular weight excluding hydrogens is 131 g/mol. The second-order valence-electron chi connectivity index (χ2n) is 2.97. The van der Waals surface area contributed by atoms with Gasteiger partial charge in [0.25, 0.3) is 0 Å². The summed E-state index contributed by atoms with van der Waals surface area (Å²) in [6.07, 6.45) is 0.580. The maximum atomic E-state index is 2.22. The number of hydrogen-bond donors (Lipinski definition) is 0. The molecule has 0 unspecified atom stereocenters. The fourth-order valence-corrected chi connectivity index (χ4v) is 1.51. The first-order valence-corrected chi connectivity index (χ1v) is 3.98. The molecule has 1 heteroatoms. The van der Waals surface area contributed by atoms with Crippen molar-refractivity contribution in [3.05, 3.63) is 42.4 Å².